The number of aryl methyl sites for hydroxylation is 2. The van der Waals surface area contributed by atoms with Crippen LogP contribution in [0.2, 0.25) is 0 Å². The summed E-state index contributed by atoms with van der Waals surface area (Å²) in [5.74, 6) is -0.313. The molecule has 0 aliphatic rings. The molecule has 1 heterocycles. The molecule has 0 atom stereocenters. The van der Waals surface area contributed by atoms with Crippen LogP contribution >= 0.6 is 0 Å². The van der Waals surface area contributed by atoms with E-state index in [1.807, 2.05) is 43.3 Å². The third-order valence-electron chi connectivity index (χ3n) is 3.46. The number of ether oxygens (including phenoxy) is 1. The molecule has 0 radical (unpaired) electrons. The smallest absolute Gasteiger partial charge is 0.340 e. The summed E-state index contributed by atoms with van der Waals surface area (Å²) < 4.78 is 4.98. The highest BCUT2D eigenvalue weighted by Gasteiger charge is 2.19. The van der Waals surface area contributed by atoms with Crippen LogP contribution in [0.3, 0.4) is 0 Å². The molecule has 0 aliphatic heterocycles. The van der Waals surface area contributed by atoms with Crippen LogP contribution in [0.15, 0.2) is 36.4 Å². The number of esters is 1. The molecule has 1 aromatic heterocycles. The number of aromatic nitrogens is 1. The number of carbonyl (C=O) groups excluding carboxylic acids is 1. The van der Waals surface area contributed by atoms with Crippen LogP contribution in [0.25, 0.3) is 11.1 Å². The van der Waals surface area contributed by atoms with E-state index in [-0.39, 0.29) is 5.97 Å². The van der Waals surface area contributed by atoms with Crippen LogP contribution in [-0.4, -0.2) is 18.1 Å². The molecule has 0 spiro atoms. The van der Waals surface area contributed by atoms with Gasteiger partial charge in [-0.25, -0.2) is 4.79 Å². The normalized spacial score (nSPS) is 10.4. The fraction of sp³-hybridized carbons (Fsp3) is 0.333. The van der Waals surface area contributed by atoms with Crippen molar-refractivity contribution in [2.45, 2.75) is 33.1 Å². The second kappa shape index (κ2) is 7.02. The molecular weight excluding hydrogens is 262 g/mol. The number of nitrogens with zero attached hydrogens (tertiary/aromatic N) is 1. The van der Waals surface area contributed by atoms with Gasteiger partial charge in [-0.05, 0) is 37.0 Å². The van der Waals surface area contributed by atoms with Gasteiger partial charge in [-0.2, -0.15) is 0 Å². The molecule has 0 amide bonds. The van der Waals surface area contributed by atoms with Gasteiger partial charge in [0.15, 0.2) is 0 Å². The number of hydrogen-bond donors (Lipinski definition) is 0. The Morgan fingerprint density at radius 2 is 1.95 bits per heavy atom. The third kappa shape index (κ3) is 3.48. The van der Waals surface area contributed by atoms with E-state index in [1.165, 1.54) is 7.11 Å². The monoisotopic (exact) mass is 283 g/mol. The minimum absolute atomic E-state index is 0.313. The van der Waals surface area contributed by atoms with Gasteiger partial charge in [0, 0.05) is 5.69 Å². The zero-order valence-corrected chi connectivity index (χ0v) is 12.8. The number of rotatable bonds is 5. The van der Waals surface area contributed by atoms with Crippen molar-refractivity contribution in [3.05, 3.63) is 53.3 Å². The van der Waals surface area contributed by atoms with Crippen LogP contribution in [0.1, 0.15) is 41.5 Å². The van der Waals surface area contributed by atoms with E-state index in [0.29, 0.717) is 5.56 Å². The third-order valence-corrected chi connectivity index (χ3v) is 3.46. The lowest BCUT2D eigenvalue weighted by atomic mass is 9.96. The lowest BCUT2D eigenvalue weighted by molar-refractivity contribution is 0.0599. The van der Waals surface area contributed by atoms with Crippen molar-refractivity contribution in [2.75, 3.05) is 7.11 Å². The molecule has 1 aromatic carbocycles. The molecule has 0 unspecified atom stereocenters. The maximum absolute atomic E-state index is 12.2. The number of carbonyl (C=O) groups is 1. The molecule has 2 aromatic rings. The van der Waals surface area contributed by atoms with E-state index in [4.69, 9.17) is 4.74 Å². The summed E-state index contributed by atoms with van der Waals surface area (Å²) >= 11 is 0. The fourth-order valence-corrected chi connectivity index (χ4v) is 2.44. The quantitative estimate of drug-likeness (QED) is 0.772. The summed E-state index contributed by atoms with van der Waals surface area (Å²) in [4.78, 5) is 16.8. The van der Waals surface area contributed by atoms with Crippen LogP contribution in [0.5, 0.6) is 0 Å². The van der Waals surface area contributed by atoms with Crippen molar-refractivity contribution >= 4 is 5.97 Å². The van der Waals surface area contributed by atoms with Crippen molar-refractivity contribution in [3.63, 3.8) is 0 Å². The van der Waals surface area contributed by atoms with Crippen molar-refractivity contribution in [1.82, 2.24) is 4.98 Å². The van der Waals surface area contributed by atoms with Crippen molar-refractivity contribution in [2.24, 2.45) is 0 Å². The first kappa shape index (κ1) is 15.2. The molecule has 0 saturated heterocycles. The Hall–Kier alpha value is -2.16. The van der Waals surface area contributed by atoms with Gasteiger partial charge in [0.1, 0.15) is 0 Å². The Balaban J connectivity index is 2.62. The zero-order valence-electron chi connectivity index (χ0n) is 12.8. The largest absolute Gasteiger partial charge is 0.465 e. The second-order valence-corrected chi connectivity index (χ2v) is 5.09. The van der Waals surface area contributed by atoms with Crippen LogP contribution in [0, 0.1) is 6.92 Å². The topological polar surface area (TPSA) is 39.2 Å². The maximum atomic E-state index is 12.2. The highest BCUT2D eigenvalue weighted by Crippen LogP contribution is 2.28. The molecule has 0 saturated carbocycles. The molecule has 3 nitrogen and oxygen atoms in total. The molecule has 3 heteroatoms. The van der Waals surface area contributed by atoms with Crippen molar-refractivity contribution in [1.29, 1.82) is 0 Å². The summed E-state index contributed by atoms with van der Waals surface area (Å²) in [6, 6.07) is 11.9. The SMILES string of the molecule is CCCCc1nc(C)cc(-c2ccccc2)c1C(=O)OC. The second-order valence-electron chi connectivity index (χ2n) is 5.09. The van der Waals surface area contributed by atoms with Gasteiger partial charge in [-0.3, -0.25) is 4.98 Å². The van der Waals surface area contributed by atoms with Gasteiger partial charge in [0.05, 0.1) is 18.4 Å². The predicted molar refractivity (Wildman–Crippen MR) is 84.4 cm³/mol. The van der Waals surface area contributed by atoms with E-state index in [0.717, 1.165) is 41.8 Å². The van der Waals surface area contributed by atoms with Gasteiger partial charge in [-0.1, -0.05) is 43.7 Å². The Morgan fingerprint density at radius 1 is 1.24 bits per heavy atom. The zero-order chi connectivity index (χ0) is 15.2. The standard InChI is InChI=1S/C18H21NO2/c1-4-5-11-16-17(18(20)21-3)15(12-13(2)19-16)14-9-7-6-8-10-14/h6-10,12H,4-5,11H2,1-3H3. The van der Waals surface area contributed by atoms with Crippen LogP contribution < -0.4 is 0 Å². The van der Waals surface area contributed by atoms with E-state index in [9.17, 15) is 4.79 Å². The average molecular weight is 283 g/mol. The number of pyridine rings is 1. The summed E-state index contributed by atoms with van der Waals surface area (Å²) in [5.41, 5.74) is 4.28. The van der Waals surface area contributed by atoms with Gasteiger partial charge in [-0.15, -0.1) is 0 Å². The Kier molecular flexibility index (Phi) is 5.09. The highest BCUT2D eigenvalue weighted by atomic mass is 16.5. The van der Waals surface area contributed by atoms with Gasteiger partial charge >= 0.3 is 5.97 Å². The minimum Gasteiger partial charge on any atom is -0.465 e. The first-order valence-electron chi connectivity index (χ1n) is 7.31. The van der Waals surface area contributed by atoms with E-state index in [2.05, 4.69) is 11.9 Å². The average Bonchev–Trinajstić information content (AvgIpc) is 2.52. The van der Waals surface area contributed by atoms with Crippen molar-refractivity contribution < 1.29 is 9.53 Å². The Morgan fingerprint density at radius 3 is 2.57 bits per heavy atom. The summed E-state index contributed by atoms with van der Waals surface area (Å²) in [6.07, 6.45) is 2.87. The molecule has 110 valence electrons. The summed E-state index contributed by atoms with van der Waals surface area (Å²) in [6.45, 7) is 4.09. The molecular formula is C18H21NO2. The number of methoxy groups -OCH3 is 1. The molecule has 0 bridgehead atoms. The molecule has 2 rings (SSSR count). The minimum atomic E-state index is -0.313. The van der Waals surface area contributed by atoms with Gasteiger partial charge < -0.3 is 4.74 Å². The number of unbranched alkanes of at least 4 members (excludes halogenated alkanes) is 1. The lowest BCUT2D eigenvalue weighted by Gasteiger charge is -2.14. The highest BCUT2D eigenvalue weighted by molar-refractivity contribution is 5.98. The fourth-order valence-electron chi connectivity index (χ4n) is 2.44. The molecule has 0 aliphatic carbocycles. The Bertz CT molecular complexity index is 621. The van der Waals surface area contributed by atoms with Gasteiger partial charge in [0.2, 0.25) is 0 Å². The summed E-state index contributed by atoms with van der Waals surface area (Å²) in [5, 5.41) is 0. The molecule has 0 N–H and O–H groups in total. The summed E-state index contributed by atoms with van der Waals surface area (Å²) in [7, 11) is 1.42. The van der Waals surface area contributed by atoms with Crippen LogP contribution in [0.4, 0.5) is 0 Å². The van der Waals surface area contributed by atoms with E-state index < -0.39 is 0 Å². The predicted octanol–water partition coefficient (Wildman–Crippen LogP) is 4.19. The maximum Gasteiger partial charge on any atom is 0.340 e. The lowest BCUT2D eigenvalue weighted by Crippen LogP contribution is -2.11. The van der Waals surface area contributed by atoms with E-state index >= 15 is 0 Å². The number of hydrogen-bond acceptors (Lipinski definition) is 3. The van der Waals surface area contributed by atoms with E-state index in [1.54, 1.807) is 0 Å². The molecule has 0 fully saturated rings. The van der Waals surface area contributed by atoms with Crippen LogP contribution in [-0.2, 0) is 11.2 Å². The Labute approximate surface area is 126 Å². The number of benzene rings is 1. The first-order chi connectivity index (χ1) is 10.2. The van der Waals surface area contributed by atoms with Crippen molar-refractivity contribution in [3.8, 4) is 11.1 Å². The first-order valence-corrected chi connectivity index (χ1v) is 7.31. The molecule has 21 heavy (non-hydrogen) atoms. The van der Waals surface area contributed by atoms with Gasteiger partial charge in [0.25, 0.3) is 0 Å².